The van der Waals surface area contributed by atoms with E-state index in [9.17, 15) is 13.2 Å². The van der Waals surface area contributed by atoms with Gasteiger partial charge in [0.25, 0.3) is 0 Å². The maximum absolute atomic E-state index is 10.7. The number of hydrogen-bond acceptors (Lipinski definition) is 3. The first kappa shape index (κ1) is 18.4. The first-order valence-corrected chi connectivity index (χ1v) is 9.60. The minimum absolute atomic E-state index is 0.776. The molecular formula is C11H16F3O3PS. The van der Waals surface area contributed by atoms with Crippen molar-refractivity contribution >= 4 is 22.7 Å². The van der Waals surface area contributed by atoms with Crippen molar-refractivity contribution in [2.24, 2.45) is 0 Å². The number of hydrogen-bond donors (Lipinski definition) is 0. The Labute approximate surface area is 111 Å². The molecule has 0 bridgehead atoms. The molecule has 110 valence electrons. The van der Waals surface area contributed by atoms with E-state index in [4.69, 9.17) is 13.0 Å². The molecule has 0 spiro atoms. The lowest BCUT2D eigenvalue weighted by molar-refractivity contribution is -0.0517. The summed E-state index contributed by atoms with van der Waals surface area (Å²) >= 11 is 0. The smallest absolute Gasteiger partial charge is 0.485 e. The summed E-state index contributed by atoms with van der Waals surface area (Å²) in [7, 11) is -6.87. The zero-order valence-electron chi connectivity index (χ0n) is 10.8. The zero-order valence-corrected chi connectivity index (χ0v) is 12.5. The molecular weight excluding hydrogens is 300 g/mol. The van der Waals surface area contributed by atoms with E-state index in [-0.39, 0.29) is 0 Å². The minimum atomic E-state index is -6.09. The van der Waals surface area contributed by atoms with Gasteiger partial charge < -0.3 is 4.55 Å². The quantitative estimate of drug-likeness (QED) is 0.479. The third kappa shape index (κ3) is 6.36. The van der Waals surface area contributed by atoms with E-state index in [2.05, 4.69) is 50.6 Å². The average Bonchev–Trinajstić information content (AvgIpc) is 2.28. The molecule has 3 nitrogen and oxygen atoms in total. The molecule has 0 unspecified atom stereocenters. The lowest BCUT2D eigenvalue weighted by Crippen LogP contribution is -2.21. The van der Waals surface area contributed by atoms with Crippen LogP contribution < -0.4 is 5.30 Å². The molecule has 1 aromatic carbocycles. The van der Waals surface area contributed by atoms with E-state index < -0.39 is 22.9 Å². The highest BCUT2D eigenvalue weighted by Crippen LogP contribution is 2.48. The van der Waals surface area contributed by atoms with Gasteiger partial charge in [-0.1, -0.05) is 18.2 Å². The summed E-state index contributed by atoms with van der Waals surface area (Å²) in [6, 6.07) is 10.8. The van der Waals surface area contributed by atoms with Crippen molar-refractivity contribution in [3.05, 3.63) is 30.3 Å². The molecule has 1 rings (SSSR count). The largest absolute Gasteiger partial charge is 0.741 e. The summed E-state index contributed by atoms with van der Waals surface area (Å²) in [4.78, 5) is 0. The van der Waals surface area contributed by atoms with Gasteiger partial charge in [0.2, 0.25) is 0 Å². The summed E-state index contributed by atoms with van der Waals surface area (Å²) < 4.78 is 58.9. The van der Waals surface area contributed by atoms with Crippen molar-refractivity contribution in [1.29, 1.82) is 0 Å². The van der Waals surface area contributed by atoms with Gasteiger partial charge in [0.05, 0.1) is 24.8 Å². The van der Waals surface area contributed by atoms with Crippen LogP contribution in [-0.2, 0) is 10.1 Å². The average molecular weight is 316 g/mol. The Morgan fingerprint density at radius 3 is 1.79 bits per heavy atom. The van der Waals surface area contributed by atoms with Crippen LogP contribution in [0.3, 0.4) is 0 Å². The van der Waals surface area contributed by atoms with Crippen molar-refractivity contribution in [1.82, 2.24) is 0 Å². The van der Waals surface area contributed by atoms with Crippen molar-refractivity contribution in [2.75, 3.05) is 19.5 Å². The lowest BCUT2D eigenvalue weighted by atomic mass is 10.4. The van der Waals surface area contributed by atoms with Gasteiger partial charge in [-0.05, 0) is 19.1 Å². The van der Waals surface area contributed by atoms with Crippen molar-refractivity contribution < 1.29 is 26.1 Å². The summed E-state index contributed by atoms with van der Waals surface area (Å²) in [5.41, 5.74) is -5.65. The normalized spacial score (nSPS) is 12.6. The first-order valence-electron chi connectivity index (χ1n) is 5.32. The zero-order chi connectivity index (χ0) is 15.3. The van der Waals surface area contributed by atoms with Gasteiger partial charge in [0.15, 0.2) is 10.1 Å². The molecule has 0 aliphatic heterocycles. The first-order chi connectivity index (χ1) is 8.42. The van der Waals surface area contributed by atoms with Crippen LogP contribution in [0.25, 0.3) is 0 Å². The van der Waals surface area contributed by atoms with Crippen LogP contribution in [0, 0.1) is 0 Å². The molecule has 0 amide bonds. The third-order valence-corrected chi connectivity index (χ3v) is 6.37. The van der Waals surface area contributed by atoms with Gasteiger partial charge in [-0.3, -0.25) is 0 Å². The fourth-order valence-corrected chi connectivity index (χ4v) is 2.36. The molecule has 0 saturated heterocycles. The van der Waals surface area contributed by atoms with Gasteiger partial charge in [-0.15, -0.1) is 0 Å². The highest BCUT2D eigenvalue weighted by Gasteiger charge is 2.36. The Balaban J connectivity index is 0.000000362. The summed E-state index contributed by atoms with van der Waals surface area (Å²) in [6.45, 7) is 7.06. The molecule has 0 aliphatic rings. The van der Waals surface area contributed by atoms with Gasteiger partial charge in [-0.25, -0.2) is 8.42 Å². The van der Waals surface area contributed by atoms with E-state index >= 15 is 0 Å². The van der Waals surface area contributed by atoms with E-state index in [1.165, 1.54) is 6.16 Å². The maximum Gasteiger partial charge on any atom is 0.485 e. The molecule has 0 saturated carbocycles. The summed E-state index contributed by atoms with van der Waals surface area (Å²) in [6.07, 6.45) is 1.30. The Bertz CT molecular complexity index is 484. The van der Waals surface area contributed by atoms with E-state index in [0.29, 0.717) is 0 Å². The standard InChI is InChI=1S/C10H16P.CHF3O3S/c1-4-11(2,3)10-8-6-5-7-9-10;2-1(3,4)8(5,6)7/h5-9H,4H2,1-3H3;(H,5,6,7)/q+1;/p-1. The molecule has 0 fully saturated rings. The lowest BCUT2D eigenvalue weighted by Gasteiger charge is -2.14. The Hall–Kier alpha value is -0.650. The van der Waals surface area contributed by atoms with Gasteiger partial charge in [-0.2, -0.15) is 13.2 Å². The SMILES string of the molecule is CC[P+](C)(C)c1ccccc1.O=S(=O)([O-])C(F)(F)F. The van der Waals surface area contributed by atoms with Crippen LogP contribution in [0.2, 0.25) is 0 Å². The second kappa shape index (κ2) is 6.68. The van der Waals surface area contributed by atoms with Crippen LogP contribution in [0.5, 0.6) is 0 Å². The van der Waals surface area contributed by atoms with Crippen LogP contribution in [0.1, 0.15) is 6.92 Å². The van der Waals surface area contributed by atoms with Gasteiger partial charge in [0.1, 0.15) is 0 Å². The van der Waals surface area contributed by atoms with Gasteiger partial charge in [0, 0.05) is 7.26 Å². The minimum Gasteiger partial charge on any atom is -0.741 e. The predicted octanol–water partition coefficient (Wildman–Crippen LogP) is 2.66. The van der Waals surface area contributed by atoms with Crippen molar-refractivity contribution in [3.8, 4) is 0 Å². The molecule has 0 atom stereocenters. The van der Waals surface area contributed by atoms with E-state index in [1.54, 1.807) is 5.30 Å². The third-order valence-electron chi connectivity index (χ3n) is 2.53. The summed E-state index contributed by atoms with van der Waals surface area (Å²) in [5, 5.41) is 1.54. The second-order valence-electron chi connectivity index (χ2n) is 4.24. The Morgan fingerprint density at radius 2 is 1.53 bits per heavy atom. The highest BCUT2D eigenvalue weighted by atomic mass is 32.2. The maximum atomic E-state index is 10.7. The highest BCUT2D eigenvalue weighted by molar-refractivity contribution is 7.86. The Morgan fingerprint density at radius 1 is 1.16 bits per heavy atom. The topological polar surface area (TPSA) is 57.2 Å². The monoisotopic (exact) mass is 316 g/mol. The number of benzene rings is 1. The Kier molecular flexibility index (Phi) is 6.45. The number of halogens is 3. The molecule has 0 N–H and O–H groups in total. The molecule has 8 heteroatoms. The van der Waals surface area contributed by atoms with E-state index in [1.807, 2.05) is 0 Å². The van der Waals surface area contributed by atoms with Crippen LogP contribution in [0.4, 0.5) is 13.2 Å². The van der Waals surface area contributed by atoms with E-state index in [0.717, 1.165) is 0 Å². The molecule has 0 radical (unpaired) electrons. The van der Waals surface area contributed by atoms with Crippen LogP contribution in [-0.4, -0.2) is 38.0 Å². The molecule has 1 aromatic rings. The molecule has 0 aromatic heterocycles. The molecule has 19 heavy (non-hydrogen) atoms. The van der Waals surface area contributed by atoms with Crippen LogP contribution in [0.15, 0.2) is 30.3 Å². The molecule has 0 heterocycles. The fourth-order valence-electron chi connectivity index (χ4n) is 1.01. The summed E-state index contributed by atoms with van der Waals surface area (Å²) in [5.74, 6) is 0. The molecule has 0 aliphatic carbocycles. The van der Waals surface area contributed by atoms with Gasteiger partial charge >= 0.3 is 5.51 Å². The number of rotatable bonds is 2. The predicted molar refractivity (Wildman–Crippen MR) is 71.1 cm³/mol. The second-order valence-corrected chi connectivity index (χ2v) is 10.1. The fraction of sp³-hybridized carbons (Fsp3) is 0.455. The number of alkyl halides is 3. The van der Waals surface area contributed by atoms with Crippen LogP contribution >= 0.6 is 7.26 Å². The van der Waals surface area contributed by atoms with Crippen molar-refractivity contribution in [3.63, 3.8) is 0 Å². The van der Waals surface area contributed by atoms with Crippen molar-refractivity contribution in [2.45, 2.75) is 12.4 Å².